The molecule has 1 aliphatic carbocycles. The lowest BCUT2D eigenvalue weighted by atomic mass is 9.85. The highest BCUT2D eigenvalue weighted by Gasteiger charge is 2.41. The van der Waals surface area contributed by atoms with Crippen LogP contribution in [0.5, 0.6) is 0 Å². The van der Waals surface area contributed by atoms with Gasteiger partial charge in [0.1, 0.15) is 0 Å². The molecular formula is C49H74N2O2. The van der Waals surface area contributed by atoms with Crippen LogP contribution in [0.15, 0.2) is 101 Å². The average molecular weight is 723 g/mol. The Morgan fingerprint density at radius 2 is 0.962 bits per heavy atom. The number of rotatable bonds is 0. The Balaban J connectivity index is 0.000000659. The molecule has 0 bridgehead atoms. The Bertz CT molecular complexity index is 1600. The van der Waals surface area contributed by atoms with Crippen molar-refractivity contribution in [2.75, 3.05) is 6.54 Å². The van der Waals surface area contributed by atoms with Gasteiger partial charge in [0.2, 0.25) is 0 Å². The Morgan fingerprint density at radius 1 is 0.528 bits per heavy atom. The van der Waals surface area contributed by atoms with Gasteiger partial charge in [0.15, 0.2) is 0 Å². The Hall–Kier alpha value is -4.05. The number of amides is 2. The van der Waals surface area contributed by atoms with Gasteiger partial charge in [0, 0.05) is 11.8 Å². The molecule has 53 heavy (non-hydrogen) atoms. The molecule has 0 atom stereocenters. The zero-order valence-corrected chi connectivity index (χ0v) is 36.9. The second kappa shape index (κ2) is 22.2. The van der Waals surface area contributed by atoms with E-state index in [1.54, 1.807) is 29.8 Å². The van der Waals surface area contributed by atoms with Crippen molar-refractivity contribution < 1.29 is 9.59 Å². The fraction of sp³-hybridized carbons (Fsp3) is 0.490. The van der Waals surface area contributed by atoms with Crippen molar-refractivity contribution in [3.63, 3.8) is 0 Å². The molecule has 6 rings (SSSR count). The van der Waals surface area contributed by atoms with Gasteiger partial charge in [-0.3, -0.25) is 19.5 Å². The van der Waals surface area contributed by atoms with E-state index in [9.17, 15) is 9.59 Å². The number of aliphatic imine (C=N–C) groups is 1. The Labute approximate surface area is 325 Å². The summed E-state index contributed by atoms with van der Waals surface area (Å²) >= 11 is 0. The summed E-state index contributed by atoms with van der Waals surface area (Å²) in [6.07, 6.45) is 7.48. The number of carbonyl (C=O) groups is 2. The van der Waals surface area contributed by atoms with E-state index in [0.717, 1.165) is 13.0 Å². The number of nitrogens with zero attached hydrogens (tertiary/aromatic N) is 2. The molecule has 3 aromatic carbocycles. The van der Waals surface area contributed by atoms with E-state index in [4.69, 9.17) is 0 Å². The minimum Gasteiger partial charge on any atom is -0.289 e. The standard InChI is InChI=1S/C13H16.C12H13NO2.C10H14.C8H13N.3C2H6/c1-13(2,3)12-8-10-6-4-5-7-11(10)9-12;1-12(2,3)13-10(14)8-6-4-5-7-9(8)11(13)15;1-10(2,3)9-7-5-4-6-8-9;1-8(2,3)7-4-5-9-6-7;3*1-2/h4-8H,9H2,1-3H3;4-7H,1-3H3;4-8H,1-3H3;4-5H,6H2,1-3H3;3*1-2H3. The first-order valence-electron chi connectivity index (χ1n) is 19.7. The number of imide groups is 1. The highest BCUT2D eigenvalue weighted by atomic mass is 16.2. The molecule has 0 N–H and O–H groups in total. The van der Waals surface area contributed by atoms with Gasteiger partial charge in [0.25, 0.3) is 11.8 Å². The van der Waals surface area contributed by atoms with E-state index in [1.165, 1.54) is 27.2 Å². The molecule has 3 aromatic rings. The molecule has 0 fully saturated rings. The van der Waals surface area contributed by atoms with Crippen molar-refractivity contribution in [1.29, 1.82) is 0 Å². The monoisotopic (exact) mass is 723 g/mol. The van der Waals surface area contributed by atoms with Crippen LogP contribution in [0.4, 0.5) is 0 Å². The van der Waals surface area contributed by atoms with Crippen LogP contribution in [-0.2, 0) is 11.8 Å². The zero-order chi connectivity index (χ0) is 41.2. The number of benzene rings is 3. The highest BCUT2D eigenvalue weighted by molar-refractivity contribution is 6.21. The summed E-state index contributed by atoms with van der Waals surface area (Å²) < 4.78 is 0. The van der Waals surface area contributed by atoms with E-state index in [0.29, 0.717) is 27.4 Å². The van der Waals surface area contributed by atoms with Gasteiger partial charge in [-0.1, -0.05) is 182 Å². The molecule has 2 heterocycles. The van der Waals surface area contributed by atoms with Crippen molar-refractivity contribution in [2.24, 2.45) is 15.8 Å². The van der Waals surface area contributed by atoms with Crippen LogP contribution in [0.2, 0.25) is 0 Å². The lowest BCUT2D eigenvalue weighted by Gasteiger charge is -2.29. The lowest BCUT2D eigenvalue weighted by molar-refractivity contribution is 0.0507. The van der Waals surface area contributed by atoms with Crippen molar-refractivity contribution in [1.82, 2.24) is 4.90 Å². The minimum atomic E-state index is -0.465. The third-order valence-electron chi connectivity index (χ3n) is 8.44. The first kappa shape index (κ1) is 49.0. The van der Waals surface area contributed by atoms with Crippen molar-refractivity contribution in [3.05, 3.63) is 124 Å². The van der Waals surface area contributed by atoms with Gasteiger partial charge in [0.05, 0.1) is 17.7 Å². The van der Waals surface area contributed by atoms with Crippen LogP contribution >= 0.6 is 0 Å². The maximum atomic E-state index is 12.0. The van der Waals surface area contributed by atoms with Crippen molar-refractivity contribution in [2.45, 2.75) is 142 Å². The number of carbonyl (C=O) groups excluding carboxylic acids is 2. The van der Waals surface area contributed by atoms with Gasteiger partial charge >= 0.3 is 0 Å². The summed E-state index contributed by atoms with van der Waals surface area (Å²) in [5.74, 6) is -0.383. The molecule has 4 heteroatoms. The maximum absolute atomic E-state index is 12.0. The van der Waals surface area contributed by atoms with Crippen molar-refractivity contribution in [3.8, 4) is 0 Å². The van der Waals surface area contributed by atoms with Crippen LogP contribution in [-0.4, -0.2) is 35.0 Å². The first-order valence-corrected chi connectivity index (χ1v) is 19.7. The molecule has 2 aliphatic heterocycles. The summed E-state index contributed by atoms with van der Waals surface area (Å²) in [5, 5.41) is 0. The summed E-state index contributed by atoms with van der Waals surface area (Å²) in [6.45, 7) is 38.6. The molecule has 3 aliphatic rings. The molecule has 292 valence electrons. The van der Waals surface area contributed by atoms with E-state index in [2.05, 4.69) is 134 Å². The van der Waals surface area contributed by atoms with Gasteiger partial charge in [-0.15, -0.1) is 0 Å². The molecule has 0 spiro atoms. The summed E-state index contributed by atoms with van der Waals surface area (Å²) in [6, 6.07) is 26.2. The smallest absolute Gasteiger partial charge is 0.262 e. The molecule has 0 saturated heterocycles. The van der Waals surface area contributed by atoms with Crippen LogP contribution in [0, 0.1) is 10.8 Å². The van der Waals surface area contributed by atoms with Gasteiger partial charge in [-0.2, -0.15) is 0 Å². The third kappa shape index (κ3) is 15.4. The fourth-order valence-corrected chi connectivity index (χ4v) is 5.33. The van der Waals surface area contributed by atoms with Crippen molar-refractivity contribution >= 4 is 24.1 Å². The van der Waals surface area contributed by atoms with E-state index in [1.807, 2.05) is 68.5 Å². The zero-order valence-electron chi connectivity index (χ0n) is 36.9. The minimum absolute atomic E-state index is 0.192. The summed E-state index contributed by atoms with van der Waals surface area (Å²) in [7, 11) is 0. The molecule has 0 radical (unpaired) electrons. The second-order valence-electron chi connectivity index (χ2n) is 16.5. The molecular weight excluding hydrogens is 649 g/mol. The number of fused-ring (bicyclic) bond motifs is 2. The van der Waals surface area contributed by atoms with E-state index < -0.39 is 5.54 Å². The fourth-order valence-electron chi connectivity index (χ4n) is 5.33. The molecule has 2 amide bonds. The lowest BCUT2D eigenvalue weighted by Crippen LogP contribution is -2.45. The normalized spacial score (nSPS) is 13.9. The van der Waals surface area contributed by atoms with Crippen LogP contribution in [0.25, 0.3) is 6.08 Å². The average Bonchev–Trinajstić information content (AvgIpc) is 3.88. The summed E-state index contributed by atoms with van der Waals surface area (Å²) in [5.41, 5.74) is 8.75. The molecule has 0 unspecified atom stereocenters. The molecule has 0 aromatic heterocycles. The van der Waals surface area contributed by atoms with Gasteiger partial charge < -0.3 is 0 Å². The Morgan fingerprint density at radius 3 is 1.30 bits per heavy atom. The van der Waals surface area contributed by atoms with E-state index in [-0.39, 0.29) is 11.8 Å². The van der Waals surface area contributed by atoms with Gasteiger partial charge in [-0.25, -0.2) is 0 Å². The summed E-state index contributed by atoms with van der Waals surface area (Å²) in [4.78, 5) is 29.3. The SMILES string of the molecule is CC.CC.CC.CC(C)(C)C1=CC=NC1.CC(C)(C)C1=Cc2ccccc2C1.CC(C)(C)N1C(=O)c2ccccc2C1=O.CC(C)(C)c1ccccc1. The number of allylic oxidation sites excluding steroid dienone is 2. The highest BCUT2D eigenvalue weighted by Crippen LogP contribution is 2.36. The molecule has 0 saturated carbocycles. The largest absolute Gasteiger partial charge is 0.289 e. The van der Waals surface area contributed by atoms with Crippen LogP contribution < -0.4 is 0 Å². The first-order chi connectivity index (χ1) is 24.7. The molecule has 4 nitrogen and oxygen atoms in total. The number of hydrogen-bond donors (Lipinski definition) is 0. The predicted octanol–water partition coefficient (Wildman–Crippen LogP) is 13.9. The van der Waals surface area contributed by atoms with Crippen LogP contribution in [0.1, 0.15) is 162 Å². The predicted molar refractivity (Wildman–Crippen MR) is 234 cm³/mol. The quantitative estimate of drug-likeness (QED) is 0.217. The van der Waals surface area contributed by atoms with Gasteiger partial charge in [-0.05, 0) is 83.9 Å². The topological polar surface area (TPSA) is 49.7 Å². The second-order valence-corrected chi connectivity index (χ2v) is 16.5. The number of hydrogen-bond acceptors (Lipinski definition) is 3. The van der Waals surface area contributed by atoms with E-state index >= 15 is 0 Å². The third-order valence-corrected chi connectivity index (χ3v) is 8.44. The Kier molecular flexibility index (Phi) is 20.5. The van der Waals surface area contributed by atoms with Crippen LogP contribution in [0.3, 0.4) is 0 Å². The maximum Gasteiger partial charge on any atom is 0.262 e.